The fourth-order valence-corrected chi connectivity index (χ4v) is 0.588. The van der Waals surface area contributed by atoms with Crippen molar-refractivity contribution >= 4 is 6.41 Å². The van der Waals surface area contributed by atoms with Gasteiger partial charge in [0, 0.05) is 6.54 Å². The Morgan fingerprint density at radius 2 is 2.25 bits per heavy atom. The van der Waals surface area contributed by atoms with Crippen LogP contribution in [-0.2, 0) is 9.63 Å². The molecular formula is C5H11N3O4. The molecule has 0 spiro atoms. The van der Waals surface area contributed by atoms with Crippen LogP contribution in [0.2, 0.25) is 0 Å². The molecular weight excluding hydrogens is 166 g/mol. The number of hydrogen-bond acceptors (Lipinski definition) is 5. The number of carbonyl (C=O) groups is 1. The van der Waals surface area contributed by atoms with Crippen LogP contribution < -0.4 is 5.84 Å². The number of rotatable bonds is 7. The summed E-state index contributed by atoms with van der Waals surface area (Å²) in [6.45, 7) is 0.421. The number of amides is 1. The van der Waals surface area contributed by atoms with Crippen molar-refractivity contribution in [1.29, 1.82) is 0 Å². The molecule has 0 aromatic rings. The molecule has 0 heterocycles. The average Bonchev–Trinajstić information content (AvgIpc) is 2.03. The second kappa shape index (κ2) is 6.35. The van der Waals surface area contributed by atoms with Gasteiger partial charge >= 0.3 is 0 Å². The maximum absolute atomic E-state index is 9.94. The normalized spacial score (nSPS) is 9.08. The van der Waals surface area contributed by atoms with Gasteiger partial charge in [-0.05, 0) is 12.8 Å². The molecule has 0 fully saturated rings. The summed E-state index contributed by atoms with van der Waals surface area (Å²) in [5.74, 6) is 5.11. The van der Waals surface area contributed by atoms with Crippen LogP contribution in [0.25, 0.3) is 0 Å². The van der Waals surface area contributed by atoms with E-state index in [1.165, 1.54) is 0 Å². The van der Waals surface area contributed by atoms with Gasteiger partial charge in [0.15, 0.2) is 0 Å². The van der Waals surface area contributed by atoms with Gasteiger partial charge in [0.25, 0.3) is 5.09 Å². The molecule has 0 radical (unpaired) electrons. The Balaban J connectivity index is 3.10. The van der Waals surface area contributed by atoms with Crippen LogP contribution >= 0.6 is 0 Å². The molecule has 0 rings (SSSR count). The van der Waals surface area contributed by atoms with Crippen LogP contribution in [0.4, 0.5) is 0 Å². The summed E-state index contributed by atoms with van der Waals surface area (Å²) < 4.78 is 0. The summed E-state index contributed by atoms with van der Waals surface area (Å²) in [7, 11) is 0. The SMILES string of the molecule is NN(C=O)CCCCO[N+](=O)[O-]. The van der Waals surface area contributed by atoms with E-state index in [9.17, 15) is 14.9 Å². The van der Waals surface area contributed by atoms with Crippen molar-refractivity contribution in [2.75, 3.05) is 13.2 Å². The summed E-state index contributed by atoms with van der Waals surface area (Å²) in [5, 5.41) is 9.78. The number of nitrogens with zero attached hydrogens (tertiary/aromatic N) is 2. The highest BCUT2D eigenvalue weighted by atomic mass is 16.9. The highest BCUT2D eigenvalue weighted by molar-refractivity contribution is 5.45. The van der Waals surface area contributed by atoms with Gasteiger partial charge in [0.05, 0.1) is 6.61 Å². The predicted octanol–water partition coefficient (Wildman–Crippen LogP) is -0.693. The van der Waals surface area contributed by atoms with Gasteiger partial charge in [0.2, 0.25) is 6.41 Å². The third-order valence-corrected chi connectivity index (χ3v) is 1.14. The quantitative estimate of drug-likeness (QED) is 0.138. The fraction of sp³-hybridized carbons (Fsp3) is 0.800. The molecule has 0 atom stereocenters. The van der Waals surface area contributed by atoms with Gasteiger partial charge in [-0.25, -0.2) is 5.84 Å². The number of hydrogen-bond donors (Lipinski definition) is 1. The van der Waals surface area contributed by atoms with Crippen molar-refractivity contribution < 1.29 is 14.7 Å². The molecule has 0 saturated carbocycles. The lowest BCUT2D eigenvalue weighted by molar-refractivity contribution is -0.757. The molecule has 12 heavy (non-hydrogen) atoms. The van der Waals surface area contributed by atoms with E-state index in [1.54, 1.807) is 0 Å². The molecule has 0 aromatic heterocycles. The molecule has 1 amide bonds. The van der Waals surface area contributed by atoms with Crippen LogP contribution in [0.15, 0.2) is 0 Å². The minimum absolute atomic E-state index is 0.0414. The Kier molecular flexibility index (Phi) is 5.62. The summed E-state index contributed by atoms with van der Waals surface area (Å²) in [6.07, 6.45) is 1.58. The molecule has 0 bridgehead atoms. The third-order valence-electron chi connectivity index (χ3n) is 1.14. The van der Waals surface area contributed by atoms with Crippen LogP contribution in [0, 0.1) is 10.1 Å². The fourth-order valence-electron chi connectivity index (χ4n) is 0.588. The third kappa shape index (κ3) is 6.75. The molecule has 0 aliphatic rings. The highest BCUT2D eigenvalue weighted by Crippen LogP contribution is 1.90. The highest BCUT2D eigenvalue weighted by Gasteiger charge is 1.96. The Hall–Kier alpha value is -1.37. The van der Waals surface area contributed by atoms with Crippen LogP contribution in [0.5, 0.6) is 0 Å². The minimum atomic E-state index is -0.847. The first-order valence-electron chi connectivity index (χ1n) is 3.40. The Morgan fingerprint density at radius 3 is 2.75 bits per heavy atom. The molecule has 0 unspecified atom stereocenters. The second-order valence-electron chi connectivity index (χ2n) is 2.11. The number of hydrazine groups is 1. The maximum atomic E-state index is 9.94. The molecule has 2 N–H and O–H groups in total. The van der Waals surface area contributed by atoms with Crippen molar-refractivity contribution in [2.24, 2.45) is 5.84 Å². The molecule has 70 valence electrons. The van der Waals surface area contributed by atoms with Gasteiger partial charge in [-0.15, -0.1) is 10.1 Å². The van der Waals surface area contributed by atoms with E-state index >= 15 is 0 Å². The topological polar surface area (TPSA) is 98.7 Å². The molecule has 7 heteroatoms. The van der Waals surface area contributed by atoms with E-state index in [0.29, 0.717) is 25.8 Å². The average molecular weight is 177 g/mol. The number of carbonyl (C=O) groups excluding carboxylic acids is 1. The summed E-state index contributed by atoms with van der Waals surface area (Å²) in [4.78, 5) is 23.6. The van der Waals surface area contributed by atoms with Gasteiger partial charge in [0.1, 0.15) is 0 Å². The van der Waals surface area contributed by atoms with Gasteiger partial charge < -0.3 is 4.84 Å². The first-order chi connectivity index (χ1) is 5.66. The zero-order valence-corrected chi connectivity index (χ0v) is 6.51. The van der Waals surface area contributed by atoms with E-state index in [1.807, 2.05) is 0 Å². The largest absolute Gasteiger partial charge is 0.314 e. The standard InChI is InChI=1S/C5H11N3O4/c6-7(5-9)3-1-2-4-12-8(10)11/h5H,1-4,6H2. The lowest BCUT2D eigenvalue weighted by Crippen LogP contribution is -2.30. The zero-order valence-electron chi connectivity index (χ0n) is 6.51. The Morgan fingerprint density at radius 1 is 1.58 bits per heavy atom. The lowest BCUT2D eigenvalue weighted by atomic mass is 10.3. The van der Waals surface area contributed by atoms with Gasteiger partial charge in [-0.1, -0.05) is 0 Å². The summed E-state index contributed by atoms with van der Waals surface area (Å²) in [5.41, 5.74) is 0. The smallest absolute Gasteiger partial charge is 0.294 e. The molecule has 0 aromatic carbocycles. The van der Waals surface area contributed by atoms with Crippen molar-refractivity contribution in [2.45, 2.75) is 12.8 Å². The zero-order chi connectivity index (χ0) is 9.40. The van der Waals surface area contributed by atoms with E-state index in [0.717, 1.165) is 5.01 Å². The lowest BCUT2D eigenvalue weighted by Gasteiger charge is -2.08. The monoisotopic (exact) mass is 177 g/mol. The van der Waals surface area contributed by atoms with Crippen molar-refractivity contribution in [3.8, 4) is 0 Å². The Labute approximate surface area is 69.2 Å². The molecule has 0 aliphatic carbocycles. The van der Waals surface area contributed by atoms with Crippen molar-refractivity contribution in [3.63, 3.8) is 0 Å². The van der Waals surface area contributed by atoms with Crippen LogP contribution in [-0.4, -0.2) is 29.7 Å². The predicted molar refractivity (Wildman–Crippen MR) is 39.1 cm³/mol. The number of unbranched alkanes of at least 4 members (excludes halogenated alkanes) is 1. The van der Waals surface area contributed by atoms with Gasteiger partial charge in [-0.3, -0.25) is 9.80 Å². The first kappa shape index (κ1) is 10.6. The number of nitrogens with two attached hydrogens (primary N) is 1. The minimum Gasteiger partial charge on any atom is -0.314 e. The van der Waals surface area contributed by atoms with E-state index in [4.69, 9.17) is 5.84 Å². The molecule has 0 aliphatic heterocycles. The van der Waals surface area contributed by atoms with E-state index < -0.39 is 5.09 Å². The van der Waals surface area contributed by atoms with E-state index in [2.05, 4.69) is 4.84 Å². The van der Waals surface area contributed by atoms with Crippen LogP contribution in [0.1, 0.15) is 12.8 Å². The van der Waals surface area contributed by atoms with Crippen LogP contribution in [0.3, 0.4) is 0 Å². The van der Waals surface area contributed by atoms with Gasteiger partial charge in [-0.2, -0.15) is 0 Å². The molecule has 7 nitrogen and oxygen atoms in total. The summed E-state index contributed by atoms with van der Waals surface area (Å²) >= 11 is 0. The van der Waals surface area contributed by atoms with Crippen molar-refractivity contribution in [3.05, 3.63) is 10.1 Å². The van der Waals surface area contributed by atoms with Crippen molar-refractivity contribution in [1.82, 2.24) is 5.01 Å². The molecule has 0 saturated heterocycles. The first-order valence-corrected chi connectivity index (χ1v) is 3.40. The van der Waals surface area contributed by atoms with E-state index in [-0.39, 0.29) is 6.61 Å². The summed E-state index contributed by atoms with van der Waals surface area (Å²) in [6, 6.07) is 0. The maximum Gasteiger partial charge on any atom is 0.294 e. The Bertz CT molecular complexity index is 152. The second-order valence-corrected chi connectivity index (χ2v) is 2.11.